The smallest absolute Gasteiger partial charge is 0.255 e. The number of hydrogen-bond acceptors (Lipinski definition) is 1. The molecule has 0 radical (unpaired) electrons. The minimum Gasteiger partial charge on any atom is -0.336 e. The van der Waals surface area contributed by atoms with Crippen LogP contribution >= 0.6 is 15.9 Å². The van der Waals surface area contributed by atoms with Crippen LogP contribution in [0.15, 0.2) is 22.7 Å². The molecule has 0 N–H and O–H groups in total. The van der Waals surface area contributed by atoms with Gasteiger partial charge in [0.15, 0.2) is 0 Å². The van der Waals surface area contributed by atoms with E-state index in [9.17, 15) is 4.79 Å². The minimum absolute atomic E-state index is 0.176. The van der Waals surface area contributed by atoms with E-state index in [-0.39, 0.29) is 5.91 Å². The molecule has 0 atom stereocenters. The van der Waals surface area contributed by atoms with Crippen LogP contribution in [0, 0.1) is 12.8 Å². The second kappa shape index (κ2) is 6.08. The van der Waals surface area contributed by atoms with Crippen molar-refractivity contribution in [3.05, 3.63) is 33.8 Å². The molecule has 104 valence electrons. The van der Waals surface area contributed by atoms with E-state index in [4.69, 9.17) is 0 Å². The first-order valence-corrected chi connectivity index (χ1v) is 7.85. The van der Waals surface area contributed by atoms with Crippen LogP contribution in [0.1, 0.15) is 49.0 Å². The van der Waals surface area contributed by atoms with Crippen LogP contribution in [-0.4, -0.2) is 23.4 Å². The lowest BCUT2D eigenvalue weighted by atomic mass is 10.1. The highest BCUT2D eigenvalue weighted by molar-refractivity contribution is 9.10. The van der Waals surface area contributed by atoms with Crippen molar-refractivity contribution < 1.29 is 4.79 Å². The predicted molar refractivity (Wildman–Crippen MR) is 82.4 cm³/mol. The Balaban J connectivity index is 2.14. The fraction of sp³-hybridized carbons (Fsp3) is 0.562. The van der Waals surface area contributed by atoms with E-state index in [0.29, 0.717) is 12.0 Å². The zero-order valence-corrected chi connectivity index (χ0v) is 13.5. The van der Waals surface area contributed by atoms with Crippen LogP contribution in [0.5, 0.6) is 0 Å². The lowest BCUT2D eigenvalue weighted by Gasteiger charge is -2.24. The highest BCUT2D eigenvalue weighted by Crippen LogP contribution is 2.30. The molecule has 0 aliphatic heterocycles. The van der Waals surface area contributed by atoms with Crippen molar-refractivity contribution in [2.45, 2.75) is 46.1 Å². The Morgan fingerprint density at radius 3 is 2.63 bits per heavy atom. The number of nitrogens with zero attached hydrogens (tertiary/aromatic N) is 1. The topological polar surface area (TPSA) is 20.3 Å². The maximum atomic E-state index is 12.7. The van der Waals surface area contributed by atoms with Gasteiger partial charge in [-0.15, -0.1) is 0 Å². The van der Waals surface area contributed by atoms with Crippen LogP contribution in [0.2, 0.25) is 0 Å². The molecule has 0 unspecified atom stereocenters. The number of carbonyl (C=O) groups is 1. The summed E-state index contributed by atoms with van der Waals surface area (Å²) in [5.41, 5.74) is 1.96. The van der Waals surface area contributed by atoms with Gasteiger partial charge in [-0.3, -0.25) is 4.79 Å². The van der Waals surface area contributed by atoms with Crippen LogP contribution in [0.25, 0.3) is 0 Å². The van der Waals surface area contributed by atoms with E-state index in [2.05, 4.69) is 34.7 Å². The molecule has 0 aromatic heterocycles. The van der Waals surface area contributed by atoms with E-state index in [1.165, 1.54) is 5.56 Å². The zero-order valence-electron chi connectivity index (χ0n) is 11.9. The first-order valence-electron chi connectivity index (χ1n) is 7.06. The van der Waals surface area contributed by atoms with E-state index in [1.807, 2.05) is 25.1 Å². The Kier molecular flexibility index (Phi) is 4.67. The molecule has 3 heteroatoms. The molecule has 1 fully saturated rings. The van der Waals surface area contributed by atoms with Gasteiger partial charge < -0.3 is 4.90 Å². The Labute approximate surface area is 124 Å². The number of hydrogen-bond donors (Lipinski definition) is 0. The molecule has 2 nitrogen and oxygen atoms in total. The highest BCUT2D eigenvalue weighted by atomic mass is 79.9. The molecule has 19 heavy (non-hydrogen) atoms. The van der Waals surface area contributed by atoms with Gasteiger partial charge in [0, 0.05) is 17.1 Å². The van der Waals surface area contributed by atoms with Crippen molar-refractivity contribution in [1.29, 1.82) is 0 Å². The summed E-state index contributed by atoms with van der Waals surface area (Å²) in [5, 5.41) is 0. The molecule has 2 rings (SSSR count). The molecule has 1 aromatic rings. The molecule has 1 aliphatic carbocycles. The maximum Gasteiger partial charge on any atom is 0.255 e. The summed E-state index contributed by atoms with van der Waals surface area (Å²) >= 11 is 3.52. The molecule has 1 aromatic carbocycles. The third-order valence-corrected chi connectivity index (χ3v) is 4.21. The normalized spacial score (nSPS) is 14.8. The van der Waals surface area contributed by atoms with Crippen molar-refractivity contribution >= 4 is 21.8 Å². The lowest BCUT2D eigenvalue weighted by Crippen LogP contribution is -2.34. The monoisotopic (exact) mass is 323 g/mol. The molecule has 0 spiro atoms. The second-order valence-corrected chi connectivity index (χ2v) is 6.75. The number of aryl methyl sites for hydroxylation is 1. The van der Waals surface area contributed by atoms with E-state index in [0.717, 1.165) is 35.8 Å². The molecule has 1 aliphatic rings. The van der Waals surface area contributed by atoms with Crippen molar-refractivity contribution in [2.75, 3.05) is 6.54 Å². The van der Waals surface area contributed by atoms with E-state index >= 15 is 0 Å². The van der Waals surface area contributed by atoms with Gasteiger partial charge in [-0.05, 0) is 65.7 Å². The SMILES string of the molecule is Cc1ccc(C(=O)N(CCC(C)C)C2CC2)c(Br)c1. The fourth-order valence-electron chi connectivity index (χ4n) is 2.18. The molecule has 1 saturated carbocycles. The van der Waals surface area contributed by atoms with Gasteiger partial charge in [-0.1, -0.05) is 19.9 Å². The van der Waals surface area contributed by atoms with Gasteiger partial charge >= 0.3 is 0 Å². The fourth-order valence-corrected chi connectivity index (χ4v) is 2.84. The van der Waals surface area contributed by atoms with Crippen LogP contribution in [0.3, 0.4) is 0 Å². The Morgan fingerprint density at radius 1 is 1.42 bits per heavy atom. The van der Waals surface area contributed by atoms with Gasteiger partial charge in [0.25, 0.3) is 5.91 Å². The van der Waals surface area contributed by atoms with E-state index < -0.39 is 0 Å². The standard InChI is InChI=1S/C16H22BrNO/c1-11(2)8-9-18(13-5-6-13)16(19)14-7-4-12(3)10-15(14)17/h4,7,10-11,13H,5-6,8-9H2,1-3H3. The summed E-state index contributed by atoms with van der Waals surface area (Å²) in [6, 6.07) is 6.43. The van der Waals surface area contributed by atoms with Gasteiger partial charge in [-0.2, -0.15) is 0 Å². The maximum absolute atomic E-state index is 12.7. The van der Waals surface area contributed by atoms with Crippen molar-refractivity contribution in [1.82, 2.24) is 4.90 Å². The zero-order chi connectivity index (χ0) is 14.0. The van der Waals surface area contributed by atoms with Crippen LogP contribution in [0.4, 0.5) is 0 Å². The molecule has 0 bridgehead atoms. The quantitative estimate of drug-likeness (QED) is 0.786. The second-order valence-electron chi connectivity index (χ2n) is 5.90. The van der Waals surface area contributed by atoms with Gasteiger partial charge in [0.1, 0.15) is 0 Å². The van der Waals surface area contributed by atoms with Gasteiger partial charge in [-0.25, -0.2) is 0 Å². The Hall–Kier alpha value is -0.830. The Bertz CT molecular complexity index is 466. The van der Waals surface area contributed by atoms with Crippen molar-refractivity contribution in [3.63, 3.8) is 0 Å². The largest absolute Gasteiger partial charge is 0.336 e. The molecular weight excluding hydrogens is 302 g/mol. The third-order valence-electron chi connectivity index (χ3n) is 3.55. The number of benzene rings is 1. The lowest BCUT2D eigenvalue weighted by molar-refractivity contribution is 0.0734. The molecule has 0 saturated heterocycles. The minimum atomic E-state index is 0.176. The van der Waals surface area contributed by atoms with Gasteiger partial charge in [0.05, 0.1) is 5.56 Å². The average Bonchev–Trinajstić information content (AvgIpc) is 3.13. The van der Waals surface area contributed by atoms with Crippen LogP contribution in [-0.2, 0) is 0 Å². The average molecular weight is 324 g/mol. The summed E-state index contributed by atoms with van der Waals surface area (Å²) in [6.07, 6.45) is 3.40. The Morgan fingerprint density at radius 2 is 2.11 bits per heavy atom. The summed E-state index contributed by atoms with van der Waals surface area (Å²) < 4.78 is 0.910. The summed E-state index contributed by atoms with van der Waals surface area (Å²) in [4.78, 5) is 14.7. The van der Waals surface area contributed by atoms with Crippen molar-refractivity contribution in [2.24, 2.45) is 5.92 Å². The first kappa shape index (κ1) is 14.6. The number of rotatable bonds is 5. The molecular formula is C16H22BrNO. The van der Waals surface area contributed by atoms with Crippen LogP contribution < -0.4 is 0 Å². The highest BCUT2D eigenvalue weighted by Gasteiger charge is 2.33. The molecule has 0 heterocycles. The van der Waals surface area contributed by atoms with Crippen molar-refractivity contribution in [3.8, 4) is 0 Å². The number of halogens is 1. The van der Waals surface area contributed by atoms with E-state index in [1.54, 1.807) is 0 Å². The summed E-state index contributed by atoms with van der Waals surface area (Å²) in [7, 11) is 0. The molecule has 1 amide bonds. The summed E-state index contributed by atoms with van der Waals surface area (Å²) in [6.45, 7) is 7.33. The number of carbonyl (C=O) groups excluding carboxylic acids is 1. The summed E-state index contributed by atoms with van der Waals surface area (Å²) in [5.74, 6) is 0.811. The number of amides is 1. The third kappa shape index (κ3) is 3.82. The predicted octanol–water partition coefficient (Wildman–Crippen LogP) is 4.41. The van der Waals surface area contributed by atoms with Gasteiger partial charge in [0.2, 0.25) is 0 Å². The first-order chi connectivity index (χ1) is 8.99.